The molecule has 5 rings (SSSR count). The van der Waals surface area contributed by atoms with Gasteiger partial charge in [-0.25, -0.2) is 24.0 Å². The number of Topliss-reactive ketones (excluding diaryl/α,β-unsaturated/α-hetero) is 1. The first-order valence-corrected chi connectivity index (χ1v) is 18.5. The molecule has 4 aromatic heterocycles. The highest BCUT2D eigenvalue weighted by atomic mass is 16.7. The van der Waals surface area contributed by atoms with Crippen LogP contribution in [0.1, 0.15) is 97.1 Å². The summed E-state index contributed by atoms with van der Waals surface area (Å²) in [6, 6.07) is 1.71. The fourth-order valence-corrected chi connectivity index (χ4v) is 5.30. The SMILES string of the molecule is C.CCCCC(=O)CC(=O)OC.CCCCc1cc(=O)oc2[nH]c(=O)n(OC)c(=O)c12.CCCCc1cc(=O)oc2c1c(=O)[nH]c(=O)n2OC.CON1C(=O)CC(=O)NC1=O. The summed E-state index contributed by atoms with van der Waals surface area (Å²) in [6.07, 6.45) is 6.51. The topological polar surface area (TPSA) is 308 Å². The van der Waals surface area contributed by atoms with Gasteiger partial charge in [-0.05, 0) is 43.2 Å². The van der Waals surface area contributed by atoms with Crippen molar-refractivity contribution in [3.63, 3.8) is 0 Å². The molecule has 0 radical (unpaired) electrons. The Bertz CT molecular complexity index is 2490. The van der Waals surface area contributed by atoms with Crippen LogP contribution >= 0.6 is 0 Å². The van der Waals surface area contributed by atoms with Gasteiger partial charge in [-0.1, -0.05) is 56.9 Å². The van der Waals surface area contributed by atoms with Crippen molar-refractivity contribution in [2.75, 3.05) is 28.4 Å². The van der Waals surface area contributed by atoms with E-state index in [0.717, 1.165) is 43.3 Å². The minimum Gasteiger partial charge on any atom is -0.469 e. The van der Waals surface area contributed by atoms with Crippen molar-refractivity contribution in [2.45, 2.75) is 98.8 Å². The largest absolute Gasteiger partial charge is 0.469 e. The number of aromatic amines is 2. The number of urea groups is 1. The molecule has 1 fully saturated rings. The number of fused-ring (bicyclic) bond motifs is 2. The zero-order valence-corrected chi connectivity index (χ0v) is 34.2. The monoisotopic (exact) mass is 864 g/mol. The zero-order valence-electron chi connectivity index (χ0n) is 34.2. The molecule has 336 valence electrons. The van der Waals surface area contributed by atoms with Gasteiger partial charge in [0.2, 0.25) is 11.6 Å². The number of barbiturate groups is 1. The lowest BCUT2D eigenvalue weighted by atomic mass is 10.1. The number of rotatable bonds is 14. The van der Waals surface area contributed by atoms with E-state index in [-0.39, 0.29) is 48.3 Å². The molecule has 3 N–H and O–H groups in total. The van der Waals surface area contributed by atoms with Gasteiger partial charge in [0.05, 0.1) is 14.2 Å². The summed E-state index contributed by atoms with van der Waals surface area (Å²) in [6.45, 7) is 6.01. The summed E-state index contributed by atoms with van der Waals surface area (Å²) in [7, 11) is 4.92. The Labute approximate surface area is 346 Å². The minimum absolute atomic E-state index is 0. The molecule has 61 heavy (non-hydrogen) atoms. The van der Waals surface area contributed by atoms with Gasteiger partial charge in [-0.3, -0.25) is 48.9 Å². The zero-order chi connectivity index (χ0) is 45.1. The molecule has 0 atom stereocenters. The minimum atomic E-state index is -0.839. The number of esters is 1. The molecule has 4 aromatic rings. The summed E-state index contributed by atoms with van der Waals surface area (Å²) < 4.78 is 15.5. The molecule has 23 heteroatoms. The summed E-state index contributed by atoms with van der Waals surface area (Å²) in [5.41, 5.74) is -3.14. The number of ether oxygens (including phenoxy) is 1. The molecule has 1 aliphatic heterocycles. The van der Waals surface area contributed by atoms with E-state index < -0.39 is 57.6 Å². The average Bonchev–Trinajstić information content (AvgIpc) is 3.18. The van der Waals surface area contributed by atoms with E-state index in [9.17, 15) is 52.7 Å². The number of amides is 4. The van der Waals surface area contributed by atoms with Gasteiger partial charge >= 0.3 is 40.2 Å². The van der Waals surface area contributed by atoms with Crippen LogP contribution in [0.5, 0.6) is 0 Å². The maximum absolute atomic E-state index is 12.1. The Kier molecular flexibility index (Phi) is 21.8. The fourth-order valence-electron chi connectivity index (χ4n) is 5.30. The molecule has 23 nitrogen and oxygen atoms in total. The Morgan fingerprint density at radius 3 is 1.75 bits per heavy atom. The maximum atomic E-state index is 12.1. The molecule has 4 amide bonds. The number of ketones is 1. The maximum Gasteiger partial charge on any atom is 0.364 e. The van der Waals surface area contributed by atoms with Crippen LogP contribution in [-0.4, -0.2) is 82.5 Å². The van der Waals surface area contributed by atoms with Crippen molar-refractivity contribution in [3.05, 3.63) is 85.8 Å². The van der Waals surface area contributed by atoms with Crippen LogP contribution < -0.4 is 48.7 Å². The number of imide groups is 2. The average molecular weight is 865 g/mol. The lowest BCUT2D eigenvalue weighted by Crippen LogP contribution is -2.51. The molecule has 0 unspecified atom stereocenters. The van der Waals surface area contributed by atoms with Crippen LogP contribution in [0, 0.1) is 0 Å². The third-order valence-electron chi connectivity index (χ3n) is 8.18. The number of nitrogens with zero attached hydrogens (tertiary/aromatic N) is 3. The predicted molar refractivity (Wildman–Crippen MR) is 217 cm³/mol. The highest BCUT2D eigenvalue weighted by molar-refractivity contribution is 6.13. The van der Waals surface area contributed by atoms with E-state index in [0.29, 0.717) is 40.2 Å². The first-order chi connectivity index (χ1) is 28.5. The second kappa shape index (κ2) is 25.5. The first kappa shape index (κ1) is 52.1. The van der Waals surface area contributed by atoms with Crippen molar-refractivity contribution in [3.8, 4) is 0 Å². The van der Waals surface area contributed by atoms with E-state index in [1.807, 2.05) is 26.1 Å². The van der Waals surface area contributed by atoms with Crippen molar-refractivity contribution in [1.29, 1.82) is 0 Å². The number of aryl methyl sites for hydroxylation is 2. The van der Waals surface area contributed by atoms with Crippen molar-refractivity contribution < 1.29 is 52.1 Å². The second-order valence-corrected chi connectivity index (χ2v) is 12.5. The van der Waals surface area contributed by atoms with Crippen LogP contribution in [-0.2, 0) is 41.6 Å². The van der Waals surface area contributed by atoms with Gasteiger partial charge < -0.3 is 23.2 Å². The highest BCUT2D eigenvalue weighted by Gasteiger charge is 2.31. The lowest BCUT2D eigenvalue weighted by molar-refractivity contribution is -0.165. The third kappa shape index (κ3) is 14.7. The van der Waals surface area contributed by atoms with Gasteiger partial charge in [0.25, 0.3) is 17.2 Å². The lowest BCUT2D eigenvalue weighted by Gasteiger charge is -2.21. The Hall–Kier alpha value is -6.91. The fraction of sp³-hybridized carbons (Fsp3) is 0.500. The second-order valence-electron chi connectivity index (χ2n) is 12.5. The summed E-state index contributed by atoms with van der Waals surface area (Å²) in [5, 5.41) is 2.77. The molecule has 0 aromatic carbocycles. The smallest absolute Gasteiger partial charge is 0.364 e. The van der Waals surface area contributed by atoms with Crippen molar-refractivity contribution >= 4 is 51.8 Å². The van der Waals surface area contributed by atoms with Crippen LogP contribution in [0.2, 0.25) is 0 Å². The molecular weight excluding hydrogens is 812 g/mol. The highest BCUT2D eigenvalue weighted by Crippen LogP contribution is 2.14. The van der Waals surface area contributed by atoms with Crippen molar-refractivity contribution in [2.24, 2.45) is 0 Å². The third-order valence-corrected chi connectivity index (χ3v) is 8.18. The van der Waals surface area contributed by atoms with Gasteiger partial charge in [0, 0.05) is 18.6 Å². The van der Waals surface area contributed by atoms with E-state index in [1.165, 1.54) is 40.6 Å². The Balaban J connectivity index is 0.000000419. The number of nitrogens with one attached hydrogen (secondary N) is 3. The molecule has 1 aliphatic rings. The number of carbonyl (C=O) groups is 5. The van der Waals surface area contributed by atoms with Crippen LogP contribution in [0.25, 0.3) is 22.2 Å². The number of methoxy groups -OCH3 is 1. The molecule has 1 saturated heterocycles. The van der Waals surface area contributed by atoms with E-state index >= 15 is 0 Å². The van der Waals surface area contributed by atoms with E-state index in [2.05, 4.69) is 19.5 Å². The van der Waals surface area contributed by atoms with Gasteiger partial charge in [0.15, 0.2) is 0 Å². The van der Waals surface area contributed by atoms with Gasteiger partial charge in [-0.2, -0.15) is 0 Å². The van der Waals surface area contributed by atoms with E-state index in [4.69, 9.17) is 18.5 Å². The van der Waals surface area contributed by atoms with Crippen LogP contribution in [0.15, 0.2) is 49.7 Å². The summed E-state index contributed by atoms with van der Waals surface area (Å²) in [4.78, 5) is 142. The van der Waals surface area contributed by atoms with Crippen LogP contribution in [0.4, 0.5) is 4.79 Å². The van der Waals surface area contributed by atoms with Gasteiger partial charge in [-0.15, -0.1) is 5.06 Å². The van der Waals surface area contributed by atoms with Crippen molar-refractivity contribution in [1.82, 2.24) is 29.8 Å². The summed E-state index contributed by atoms with van der Waals surface area (Å²) in [5.74, 6) is -1.72. The molecule has 5 heterocycles. The Morgan fingerprint density at radius 1 is 0.705 bits per heavy atom. The number of hydrogen-bond acceptors (Lipinski definition) is 17. The summed E-state index contributed by atoms with van der Waals surface area (Å²) >= 11 is 0. The van der Waals surface area contributed by atoms with E-state index in [1.54, 1.807) is 0 Å². The first-order valence-electron chi connectivity index (χ1n) is 18.5. The number of unbranched alkanes of at least 4 members (excludes halogenated alkanes) is 3. The molecule has 0 saturated carbocycles. The van der Waals surface area contributed by atoms with Gasteiger partial charge in [0.1, 0.15) is 43.6 Å². The normalized spacial score (nSPS) is 11.8. The molecule has 0 bridgehead atoms. The number of hydroxylamine groups is 2. The number of aromatic nitrogens is 4. The number of carbonyl (C=O) groups excluding carboxylic acids is 5. The molecule has 0 aliphatic carbocycles. The quantitative estimate of drug-likeness (QED) is 0.118. The number of hydrogen-bond donors (Lipinski definition) is 3. The Morgan fingerprint density at radius 2 is 1.25 bits per heavy atom. The molecular formula is C38H52N6O17. The molecule has 0 spiro atoms. The van der Waals surface area contributed by atoms with Crippen LogP contribution in [0.3, 0.4) is 0 Å². The standard InChI is InChI=1S/2C12H14N2O5.C8H14O3.C5H6N2O4.CH4/c1-3-4-5-7-6-8(15)19-10-9(7)11(16)14(18-2)12(17)13-10;1-3-4-5-7-6-8(15)19-11-9(7)10(16)13-12(17)14(11)18-2;1-3-4-5-7(9)6-8(10)11-2;1-11-7-4(9)2-3(8)6-5(7)10;/h6H,3-5H2,1-2H3,(H,13,17);6H,3-5H2,1-2H3,(H,13,16,17);3-6H2,1-2H3;2H2,1H3,(H,6,8,10);1H4. The predicted octanol–water partition coefficient (Wildman–Crippen LogP) is 1.05. The number of H-pyrrole nitrogens is 2.